The Morgan fingerprint density at radius 1 is 0.739 bits per heavy atom. The van der Waals surface area contributed by atoms with E-state index in [4.69, 9.17) is 62.4 Å². The van der Waals surface area contributed by atoms with Gasteiger partial charge in [0.2, 0.25) is 0 Å². The molecule has 23 heavy (non-hydrogen) atoms. The second-order valence-corrected chi connectivity index (χ2v) is 12.4. The number of hydrogen-bond acceptors (Lipinski definition) is 1. The zero-order chi connectivity index (χ0) is 17.4. The maximum Gasteiger partial charge on any atom is 0.185 e. The van der Waals surface area contributed by atoms with Crippen LogP contribution in [-0.4, -0.2) is 8.32 Å². The quantitative estimate of drug-likeness (QED) is 0.273. The largest absolute Gasteiger partial charge is 0.407 e. The first-order chi connectivity index (χ1) is 10.6. The van der Waals surface area contributed by atoms with Crippen LogP contribution in [0.5, 0.6) is 0 Å². The zero-order valence-electron chi connectivity index (χ0n) is 12.8. The van der Waals surface area contributed by atoms with Gasteiger partial charge >= 0.3 is 0 Å². The molecule has 0 saturated heterocycles. The van der Waals surface area contributed by atoms with Crippen LogP contribution in [0.25, 0.3) is 0 Å². The first-order valence-electron chi connectivity index (χ1n) is 6.87. The summed E-state index contributed by atoms with van der Waals surface area (Å²) in [7, 11) is -1.92. The molecule has 2 rings (SSSR count). The lowest BCUT2D eigenvalue weighted by Gasteiger charge is -2.29. The fraction of sp³-hybridized carbons (Fsp3) is 0.250. The molecule has 1 atom stereocenters. The van der Waals surface area contributed by atoms with Crippen LogP contribution in [0, 0.1) is 0 Å². The van der Waals surface area contributed by atoms with Gasteiger partial charge in [0.05, 0.1) is 31.2 Å². The SMILES string of the molecule is C[Si](C)(C)O[C@@H](c1ccccc1)c1c(Cl)c(Cl)c(Cl)c(Cl)c1Cl. The predicted octanol–water partition coefficient (Wildman–Crippen LogP) is 7.89. The summed E-state index contributed by atoms with van der Waals surface area (Å²) < 4.78 is 6.33. The van der Waals surface area contributed by atoms with Crippen LogP contribution >= 0.6 is 58.0 Å². The van der Waals surface area contributed by atoms with Gasteiger partial charge in [-0.25, -0.2) is 0 Å². The van der Waals surface area contributed by atoms with Gasteiger partial charge in [0, 0.05) is 5.56 Å². The monoisotopic (exact) mass is 426 g/mol. The van der Waals surface area contributed by atoms with Gasteiger partial charge in [-0.1, -0.05) is 88.3 Å². The molecule has 0 aromatic heterocycles. The topological polar surface area (TPSA) is 9.23 Å². The summed E-state index contributed by atoms with van der Waals surface area (Å²) in [5.74, 6) is 0. The Morgan fingerprint density at radius 2 is 1.17 bits per heavy atom. The summed E-state index contributed by atoms with van der Waals surface area (Å²) in [5.41, 5.74) is 1.47. The smallest absolute Gasteiger partial charge is 0.185 e. The second kappa shape index (κ2) is 7.53. The molecular formula is C16H15Cl5OSi. The van der Waals surface area contributed by atoms with Gasteiger partial charge in [-0.2, -0.15) is 0 Å². The van der Waals surface area contributed by atoms with Crippen molar-refractivity contribution in [2.45, 2.75) is 25.7 Å². The zero-order valence-corrected chi connectivity index (χ0v) is 17.5. The maximum absolute atomic E-state index is 6.43. The van der Waals surface area contributed by atoms with Crippen molar-refractivity contribution < 1.29 is 4.43 Å². The predicted molar refractivity (Wildman–Crippen MR) is 104 cm³/mol. The molecule has 7 heteroatoms. The molecule has 0 unspecified atom stereocenters. The summed E-state index contributed by atoms with van der Waals surface area (Å²) >= 11 is 31.4. The van der Waals surface area contributed by atoms with Crippen LogP contribution in [0.15, 0.2) is 30.3 Å². The highest BCUT2D eigenvalue weighted by atomic mass is 35.5. The van der Waals surface area contributed by atoms with E-state index in [0.717, 1.165) is 5.56 Å². The van der Waals surface area contributed by atoms with E-state index in [1.165, 1.54) is 0 Å². The molecule has 124 valence electrons. The normalized spacial score (nSPS) is 13.2. The van der Waals surface area contributed by atoms with Gasteiger partial charge in [-0.15, -0.1) is 0 Å². The van der Waals surface area contributed by atoms with E-state index >= 15 is 0 Å². The molecule has 0 bridgehead atoms. The molecule has 2 aromatic carbocycles. The molecule has 0 amide bonds. The van der Waals surface area contributed by atoms with Gasteiger partial charge in [0.15, 0.2) is 8.32 Å². The summed E-state index contributed by atoms with van der Waals surface area (Å²) in [6.07, 6.45) is -0.463. The molecule has 0 spiro atoms. The van der Waals surface area contributed by atoms with Crippen molar-refractivity contribution in [3.05, 3.63) is 66.6 Å². The van der Waals surface area contributed by atoms with Crippen LogP contribution < -0.4 is 0 Å². The third kappa shape index (κ3) is 4.38. The van der Waals surface area contributed by atoms with Crippen LogP contribution in [-0.2, 0) is 4.43 Å². The first-order valence-corrected chi connectivity index (χ1v) is 12.2. The Labute approximate surface area is 162 Å². The van der Waals surface area contributed by atoms with Crippen molar-refractivity contribution in [1.82, 2.24) is 0 Å². The highest BCUT2D eigenvalue weighted by molar-refractivity contribution is 6.69. The molecule has 0 radical (unpaired) electrons. The Bertz CT molecular complexity index is 684. The Hall–Kier alpha value is 0.0669. The lowest BCUT2D eigenvalue weighted by Crippen LogP contribution is -2.28. The standard InChI is InChI=1S/C16H15Cl5OSi/c1-23(2,3)22-16(9-7-5-4-6-8-9)10-11(17)13(19)15(21)14(20)12(10)18/h4-8,16H,1-3H3/t16-/m0/s1. The van der Waals surface area contributed by atoms with Crippen LogP contribution in [0.1, 0.15) is 17.2 Å². The minimum Gasteiger partial charge on any atom is -0.407 e. The lowest BCUT2D eigenvalue weighted by molar-refractivity contribution is 0.240. The van der Waals surface area contributed by atoms with Gasteiger partial charge in [0.1, 0.15) is 0 Å². The second-order valence-electron chi connectivity index (χ2n) is 6.00. The molecule has 0 saturated carbocycles. The minimum absolute atomic E-state index is 0.145. The molecule has 0 N–H and O–H groups in total. The van der Waals surface area contributed by atoms with Crippen LogP contribution in [0.4, 0.5) is 0 Å². The van der Waals surface area contributed by atoms with E-state index < -0.39 is 14.4 Å². The minimum atomic E-state index is -1.92. The molecule has 0 fully saturated rings. The fourth-order valence-electron chi connectivity index (χ4n) is 2.13. The van der Waals surface area contributed by atoms with Gasteiger partial charge in [-0.3, -0.25) is 0 Å². The van der Waals surface area contributed by atoms with E-state index in [1.54, 1.807) is 0 Å². The summed E-state index contributed by atoms with van der Waals surface area (Å²) in [6, 6.07) is 9.69. The highest BCUT2D eigenvalue weighted by Crippen LogP contribution is 2.48. The number of halogens is 5. The summed E-state index contributed by atoms with van der Waals surface area (Å²) in [4.78, 5) is 0. The number of benzene rings is 2. The van der Waals surface area contributed by atoms with Crippen molar-refractivity contribution in [3.8, 4) is 0 Å². The van der Waals surface area contributed by atoms with Crippen LogP contribution in [0.2, 0.25) is 44.8 Å². The van der Waals surface area contributed by atoms with Crippen LogP contribution in [0.3, 0.4) is 0 Å². The van der Waals surface area contributed by atoms with E-state index in [0.29, 0.717) is 5.56 Å². The summed E-state index contributed by atoms with van der Waals surface area (Å²) in [6.45, 7) is 6.26. The van der Waals surface area contributed by atoms with Gasteiger partial charge in [0.25, 0.3) is 0 Å². The Kier molecular flexibility index (Phi) is 6.35. The molecule has 2 aromatic rings. The molecule has 0 heterocycles. The summed E-state index contributed by atoms with van der Waals surface area (Å²) in [5, 5.41) is 1.03. The van der Waals surface area contributed by atoms with E-state index in [9.17, 15) is 0 Å². The Morgan fingerprint density at radius 3 is 1.61 bits per heavy atom. The lowest BCUT2D eigenvalue weighted by atomic mass is 10.0. The third-order valence-electron chi connectivity index (χ3n) is 3.08. The average Bonchev–Trinajstić information content (AvgIpc) is 2.50. The van der Waals surface area contributed by atoms with Crippen molar-refractivity contribution in [2.24, 2.45) is 0 Å². The molecular weight excluding hydrogens is 414 g/mol. The molecule has 0 aliphatic rings. The molecule has 1 nitrogen and oxygen atoms in total. The maximum atomic E-state index is 6.43. The third-order valence-corrected chi connectivity index (χ3v) is 6.33. The number of hydrogen-bond donors (Lipinski definition) is 0. The highest BCUT2D eigenvalue weighted by Gasteiger charge is 2.30. The van der Waals surface area contributed by atoms with Crippen molar-refractivity contribution in [2.75, 3.05) is 0 Å². The Balaban J connectivity index is 2.70. The molecule has 0 aliphatic carbocycles. The fourth-order valence-corrected chi connectivity index (χ4v) is 4.44. The first kappa shape index (κ1) is 19.4. The average molecular weight is 429 g/mol. The van der Waals surface area contributed by atoms with Crippen molar-refractivity contribution >= 4 is 66.3 Å². The van der Waals surface area contributed by atoms with Crippen molar-refractivity contribution in [1.29, 1.82) is 0 Å². The van der Waals surface area contributed by atoms with E-state index in [-0.39, 0.29) is 25.1 Å². The van der Waals surface area contributed by atoms with E-state index in [1.807, 2.05) is 30.3 Å². The van der Waals surface area contributed by atoms with Gasteiger partial charge in [-0.05, 0) is 25.2 Å². The van der Waals surface area contributed by atoms with E-state index in [2.05, 4.69) is 19.6 Å². The molecule has 0 aliphatic heterocycles. The van der Waals surface area contributed by atoms with Gasteiger partial charge < -0.3 is 4.43 Å². The number of rotatable bonds is 4. The van der Waals surface area contributed by atoms with Crippen molar-refractivity contribution in [3.63, 3.8) is 0 Å².